The van der Waals surface area contributed by atoms with Crippen LogP contribution in [0.15, 0.2) is 60.7 Å². The first kappa shape index (κ1) is 19.7. The summed E-state index contributed by atoms with van der Waals surface area (Å²) in [4.78, 5) is 2.55. The minimum atomic E-state index is 0.0534. The molecule has 2 aromatic rings. The lowest BCUT2D eigenvalue weighted by Crippen LogP contribution is -2.63. The number of hydrogen-bond donors (Lipinski definition) is 0. The molecule has 0 saturated carbocycles. The predicted molar refractivity (Wildman–Crippen MR) is 107 cm³/mol. The zero-order valence-corrected chi connectivity index (χ0v) is 16.2. The van der Waals surface area contributed by atoms with E-state index in [-0.39, 0.29) is 5.60 Å². The summed E-state index contributed by atoms with van der Waals surface area (Å²) in [5.41, 5.74) is 2.77. The maximum atomic E-state index is 6.17. The highest BCUT2D eigenvalue weighted by Gasteiger charge is 2.45. The lowest BCUT2D eigenvalue weighted by molar-refractivity contribution is -0.154. The summed E-state index contributed by atoms with van der Waals surface area (Å²) in [7, 11) is 0. The van der Waals surface area contributed by atoms with Gasteiger partial charge in [0.2, 0.25) is 0 Å². The Morgan fingerprint density at radius 1 is 0.880 bits per heavy atom. The second-order valence-electron chi connectivity index (χ2n) is 6.51. The van der Waals surface area contributed by atoms with Crippen LogP contribution in [0.25, 0.3) is 0 Å². The highest BCUT2D eigenvalue weighted by molar-refractivity contribution is 5.33. The molecule has 0 amide bonds. The van der Waals surface area contributed by atoms with E-state index >= 15 is 0 Å². The minimum absolute atomic E-state index is 0.0534. The Balaban J connectivity index is 0.00000109. The third kappa shape index (κ3) is 4.71. The molecule has 0 N–H and O–H groups in total. The van der Waals surface area contributed by atoms with Gasteiger partial charge in [-0.3, -0.25) is 4.90 Å². The molecule has 0 atom stereocenters. The fraction of sp³-hybridized carbons (Fsp3) is 0.478. The van der Waals surface area contributed by atoms with Gasteiger partial charge in [0.25, 0.3) is 0 Å². The lowest BCUT2D eigenvalue weighted by atomic mass is 9.85. The third-order valence-electron chi connectivity index (χ3n) is 4.83. The summed E-state index contributed by atoms with van der Waals surface area (Å²) in [6.07, 6.45) is 2.17. The van der Waals surface area contributed by atoms with Crippen molar-refractivity contribution in [3.05, 3.63) is 71.8 Å². The van der Waals surface area contributed by atoms with Gasteiger partial charge in [0.15, 0.2) is 0 Å². The highest BCUT2D eigenvalue weighted by Crippen LogP contribution is 2.39. The van der Waals surface area contributed by atoms with Gasteiger partial charge in [0.05, 0.1) is 11.6 Å². The molecule has 0 aromatic heterocycles. The van der Waals surface area contributed by atoms with E-state index in [1.54, 1.807) is 0 Å². The van der Waals surface area contributed by atoms with Crippen molar-refractivity contribution in [2.24, 2.45) is 0 Å². The summed E-state index contributed by atoms with van der Waals surface area (Å²) >= 11 is 0. The van der Waals surface area contributed by atoms with Crippen LogP contribution in [0.2, 0.25) is 0 Å². The van der Waals surface area contributed by atoms with E-state index in [9.17, 15) is 0 Å². The molecule has 25 heavy (non-hydrogen) atoms. The Bertz CT molecular complexity index is 551. The molecule has 0 spiro atoms. The second kappa shape index (κ2) is 9.74. The monoisotopic (exact) mass is 339 g/mol. The van der Waals surface area contributed by atoms with Crippen LogP contribution in [0.4, 0.5) is 0 Å². The van der Waals surface area contributed by atoms with Gasteiger partial charge in [-0.2, -0.15) is 0 Å². The molecule has 1 aliphatic heterocycles. The van der Waals surface area contributed by atoms with Gasteiger partial charge in [0.1, 0.15) is 0 Å². The quantitative estimate of drug-likeness (QED) is 0.642. The molecule has 1 saturated heterocycles. The van der Waals surface area contributed by atoms with Crippen molar-refractivity contribution < 1.29 is 4.74 Å². The van der Waals surface area contributed by atoms with E-state index in [1.807, 2.05) is 13.8 Å². The molecular formula is C23H33NO. The maximum absolute atomic E-state index is 6.17. The molecule has 2 aromatic carbocycles. The molecule has 3 rings (SSSR count). The molecule has 1 aliphatic rings. The molecule has 0 radical (unpaired) electrons. The third-order valence-corrected chi connectivity index (χ3v) is 4.83. The zero-order chi connectivity index (χ0) is 18.1. The predicted octanol–water partition coefficient (Wildman–Crippen LogP) is 5.69. The van der Waals surface area contributed by atoms with Crippen LogP contribution in [0.5, 0.6) is 0 Å². The molecular weight excluding hydrogens is 306 g/mol. The molecule has 1 heterocycles. The van der Waals surface area contributed by atoms with Crippen LogP contribution in [-0.4, -0.2) is 30.2 Å². The number of ether oxygens (including phenoxy) is 1. The van der Waals surface area contributed by atoms with Gasteiger partial charge in [-0.05, 0) is 24.0 Å². The standard InChI is InChI=1S/C21H27NO.C2H6/c1-3-15-23-21(4-2)16-22(17-21)20(18-11-7-5-8-12-18)19-13-9-6-10-14-19;1-2/h5-14,20H,3-4,15-17H2,1-2H3;1-2H3. The average molecular weight is 340 g/mol. The van der Waals surface area contributed by atoms with Crippen molar-refractivity contribution in [3.63, 3.8) is 0 Å². The van der Waals surface area contributed by atoms with E-state index in [0.29, 0.717) is 6.04 Å². The first-order valence-corrected chi connectivity index (χ1v) is 9.76. The Morgan fingerprint density at radius 2 is 1.36 bits per heavy atom. The first-order chi connectivity index (χ1) is 12.3. The summed E-state index contributed by atoms with van der Waals surface area (Å²) in [6.45, 7) is 11.3. The van der Waals surface area contributed by atoms with Gasteiger partial charge in [-0.15, -0.1) is 0 Å². The number of hydrogen-bond acceptors (Lipinski definition) is 2. The second-order valence-corrected chi connectivity index (χ2v) is 6.51. The Kier molecular flexibility index (Phi) is 7.67. The smallest absolute Gasteiger partial charge is 0.0932 e. The molecule has 136 valence electrons. The van der Waals surface area contributed by atoms with Gasteiger partial charge in [0, 0.05) is 19.7 Å². The van der Waals surface area contributed by atoms with E-state index in [0.717, 1.165) is 32.5 Å². The first-order valence-electron chi connectivity index (χ1n) is 9.76. The van der Waals surface area contributed by atoms with E-state index in [1.165, 1.54) is 11.1 Å². The van der Waals surface area contributed by atoms with Gasteiger partial charge >= 0.3 is 0 Å². The van der Waals surface area contributed by atoms with Crippen LogP contribution >= 0.6 is 0 Å². The fourth-order valence-electron chi connectivity index (χ4n) is 3.50. The van der Waals surface area contributed by atoms with Crippen molar-refractivity contribution in [2.75, 3.05) is 19.7 Å². The average Bonchev–Trinajstić information content (AvgIpc) is 2.67. The van der Waals surface area contributed by atoms with Gasteiger partial charge in [-0.25, -0.2) is 0 Å². The molecule has 0 aliphatic carbocycles. The number of nitrogens with zero attached hydrogens (tertiary/aromatic N) is 1. The van der Waals surface area contributed by atoms with Crippen LogP contribution in [0, 0.1) is 0 Å². The molecule has 0 bridgehead atoms. The van der Waals surface area contributed by atoms with E-state index in [2.05, 4.69) is 79.4 Å². The van der Waals surface area contributed by atoms with Crippen LogP contribution < -0.4 is 0 Å². The molecule has 2 heteroatoms. The lowest BCUT2D eigenvalue weighted by Gasteiger charge is -2.53. The number of rotatable bonds is 7. The van der Waals surface area contributed by atoms with Gasteiger partial charge < -0.3 is 4.74 Å². The SMILES string of the molecule is CC.CCCOC1(CC)CN(C(c2ccccc2)c2ccccc2)C1. The number of likely N-dealkylation sites (tertiary alicyclic amines) is 1. The Labute approximate surface area is 153 Å². The summed E-state index contributed by atoms with van der Waals surface area (Å²) in [5.74, 6) is 0. The summed E-state index contributed by atoms with van der Waals surface area (Å²) in [6, 6.07) is 21.9. The minimum Gasteiger partial charge on any atom is -0.372 e. The highest BCUT2D eigenvalue weighted by atomic mass is 16.5. The van der Waals surface area contributed by atoms with Crippen molar-refractivity contribution >= 4 is 0 Å². The topological polar surface area (TPSA) is 12.5 Å². The van der Waals surface area contributed by atoms with Crippen molar-refractivity contribution in [2.45, 2.75) is 52.2 Å². The van der Waals surface area contributed by atoms with Crippen LogP contribution in [0.3, 0.4) is 0 Å². The van der Waals surface area contributed by atoms with Crippen LogP contribution in [0.1, 0.15) is 57.7 Å². The molecule has 2 nitrogen and oxygen atoms in total. The zero-order valence-electron chi connectivity index (χ0n) is 16.2. The van der Waals surface area contributed by atoms with Crippen molar-refractivity contribution in [1.29, 1.82) is 0 Å². The normalized spacial score (nSPS) is 16.0. The van der Waals surface area contributed by atoms with Gasteiger partial charge in [-0.1, -0.05) is 88.4 Å². The fourth-order valence-corrected chi connectivity index (χ4v) is 3.50. The maximum Gasteiger partial charge on any atom is 0.0932 e. The Morgan fingerprint density at radius 3 is 1.76 bits per heavy atom. The summed E-state index contributed by atoms with van der Waals surface area (Å²) in [5, 5.41) is 0. The van der Waals surface area contributed by atoms with E-state index < -0.39 is 0 Å². The number of benzene rings is 2. The van der Waals surface area contributed by atoms with E-state index in [4.69, 9.17) is 4.74 Å². The molecule has 1 fully saturated rings. The van der Waals surface area contributed by atoms with Crippen LogP contribution in [-0.2, 0) is 4.74 Å². The Hall–Kier alpha value is -1.64. The summed E-state index contributed by atoms with van der Waals surface area (Å²) < 4.78 is 6.17. The molecule has 0 unspecified atom stereocenters. The van der Waals surface area contributed by atoms with Crippen molar-refractivity contribution in [1.82, 2.24) is 4.90 Å². The van der Waals surface area contributed by atoms with Crippen molar-refractivity contribution in [3.8, 4) is 0 Å². The largest absolute Gasteiger partial charge is 0.372 e.